The molecule has 6 nitrogen and oxygen atoms in total. The normalized spacial score (nSPS) is 20.3. The minimum absolute atomic E-state index is 0.102. The van der Waals surface area contributed by atoms with E-state index >= 15 is 0 Å². The number of anilines is 1. The zero-order valence-electron chi connectivity index (χ0n) is 21.0. The second kappa shape index (κ2) is 11.2. The first-order valence-corrected chi connectivity index (χ1v) is 12.5. The van der Waals surface area contributed by atoms with Gasteiger partial charge in [0, 0.05) is 50.0 Å². The summed E-state index contributed by atoms with van der Waals surface area (Å²) in [6, 6.07) is 16.8. The maximum absolute atomic E-state index is 13.5. The van der Waals surface area contributed by atoms with Crippen LogP contribution in [0.3, 0.4) is 0 Å². The molecule has 0 aliphatic carbocycles. The fraction of sp³-hybridized carbons (Fsp3) is 0.379. The van der Waals surface area contributed by atoms with Crippen molar-refractivity contribution in [3.63, 3.8) is 0 Å². The lowest BCUT2D eigenvalue weighted by atomic mass is 9.75. The highest BCUT2D eigenvalue weighted by molar-refractivity contribution is 5.92. The van der Waals surface area contributed by atoms with Gasteiger partial charge in [0.15, 0.2) is 0 Å². The summed E-state index contributed by atoms with van der Waals surface area (Å²) < 4.78 is 13.5. The number of para-hydroxylation sites is 1. The summed E-state index contributed by atoms with van der Waals surface area (Å²) in [6.45, 7) is 5.01. The number of benzene rings is 2. The second-order valence-electron chi connectivity index (χ2n) is 9.90. The summed E-state index contributed by atoms with van der Waals surface area (Å²) in [5, 5.41) is 12.1. The molecule has 4 rings (SSSR count). The zero-order valence-corrected chi connectivity index (χ0v) is 21.0. The van der Waals surface area contributed by atoms with Crippen molar-refractivity contribution in [2.45, 2.75) is 31.8 Å². The average Bonchev–Trinajstić information content (AvgIpc) is 2.86. The van der Waals surface area contributed by atoms with Crippen molar-refractivity contribution >= 4 is 11.6 Å². The summed E-state index contributed by atoms with van der Waals surface area (Å²) in [6.07, 6.45) is 5.10. The topological polar surface area (TPSA) is 82.7 Å². The number of rotatable bonds is 9. The second-order valence-corrected chi connectivity index (χ2v) is 9.90. The number of aromatic nitrogens is 1. The van der Waals surface area contributed by atoms with Crippen molar-refractivity contribution in [3.8, 4) is 0 Å². The van der Waals surface area contributed by atoms with E-state index in [0.29, 0.717) is 25.1 Å². The number of amides is 1. The van der Waals surface area contributed by atoms with Gasteiger partial charge in [-0.2, -0.15) is 0 Å². The lowest BCUT2D eigenvalue weighted by Gasteiger charge is -2.46. The number of hydrogen-bond acceptors (Lipinski definition) is 5. The number of hydrogen-bond donors (Lipinski definition) is 2. The largest absolute Gasteiger partial charge is 0.385 e. The number of pyridine rings is 1. The van der Waals surface area contributed by atoms with Crippen LogP contribution < -0.4 is 10.6 Å². The van der Waals surface area contributed by atoms with E-state index in [-0.39, 0.29) is 11.7 Å². The van der Waals surface area contributed by atoms with Crippen LogP contribution in [0.5, 0.6) is 0 Å². The molecule has 7 heteroatoms. The Labute approximate surface area is 212 Å². The highest BCUT2D eigenvalue weighted by atomic mass is 19.1. The van der Waals surface area contributed by atoms with E-state index < -0.39 is 11.5 Å². The van der Waals surface area contributed by atoms with Crippen LogP contribution in [0, 0.1) is 18.7 Å². The van der Waals surface area contributed by atoms with Crippen molar-refractivity contribution < 1.29 is 14.3 Å². The molecule has 3 N–H and O–H groups in total. The molecule has 36 heavy (non-hydrogen) atoms. The Bertz CT molecular complexity index is 1200. The third-order valence-corrected chi connectivity index (χ3v) is 7.33. The van der Waals surface area contributed by atoms with Crippen LogP contribution in [-0.2, 0) is 12.0 Å². The van der Waals surface area contributed by atoms with Gasteiger partial charge in [-0.15, -0.1) is 0 Å². The van der Waals surface area contributed by atoms with E-state index in [4.69, 9.17) is 5.73 Å². The molecule has 1 saturated heterocycles. The molecule has 1 fully saturated rings. The van der Waals surface area contributed by atoms with Crippen LogP contribution in [0.15, 0.2) is 67.0 Å². The third-order valence-electron chi connectivity index (χ3n) is 7.33. The van der Waals surface area contributed by atoms with Gasteiger partial charge in [-0.1, -0.05) is 30.3 Å². The van der Waals surface area contributed by atoms with Gasteiger partial charge in [0.05, 0.1) is 11.8 Å². The first kappa shape index (κ1) is 25.8. The summed E-state index contributed by atoms with van der Waals surface area (Å²) in [7, 11) is 2.05. The van der Waals surface area contributed by atoms with Gasteiger partial charge in [-0.25, -0.2) is 4.39 Å². The van der Waals surface area contributed by atoms with Crippen LogP contribution >= 0.6 is 0 Å². The van der Waals surface area contributed by atoms with E-state index in [9.17, 15) is 14.3 Å². The van der Waals surface area contributed by atoms with E-state index in [2.05, 4.69) is 40.9 Å². The van der Waals surface area contributed by atoms with Gasteiger partial charge in [0.2, 0.25) is 5.91 Å². The lowest BCUT2D eigenvalue weighted by molar-refractivity contribution is -0.0748. The van der Waals surface area contributed by atoms with E-state index in [1.807, 2.05) is 18.2 Å². The summed E-state index contributed by atoms with van der Waals surface area (Å²) in [5.41, 5.74) is 8.77. The van der Waals surface area contributed by atoms with E-state index in [1.165, 1.54) is 17.8 Å². The summed E-state index contributed by atoms with van der Waals surface area (Å²) >= 11 is 0. The first-order chi connectivity index (χ1) is 17.3. The molecule has 2 heterocycles. The SMILES string of the molecule is Cc1ccccc1N(C)CC1CN(CCCc2cncc(F)c2)CCC1(O)c1cccc(C(N)=O)c1. The Kier molecular flexibility index (Phi) is 8.01. The molecule has 2 aromatic carbocycles. The Morgan fingerprint density at radius 3 is 2.78 bits per heavy atom. The monoisotopic (exact) mass is 490 g/mol. The van der Waals surface area contributed by atoms with Crippen LogP contribution in [0.1, 0.15) is 39.9 Å². The molecule has 1 aliphatic rings. The fourth-order valence-electron chi connectivity index (χ4n) is 5.34. The molecular formula is C29H35FN4O2. The molecule has 1 amide bonds. The number of carbonyl (C=O) groups is 1. The average molecular weight is 491 g/mol. The zero-order chi connectivity index (χ0) is 25.7. The Morgan fingerprint density at radius 1 is 1.22 bits per heavy atom. The molecule has 2 unspecified atom stereocenters. The van der Waals surface area contributed by atoms with Gasteiger partial charge in [-0.05, 0) is 73.7 Å². The highest BCUT2D eigenvalue weighted by Gasteiger charge is 2.43. The molecule has 190 valence electrons. The number of nitrogens with two attached hydrogens (primary N) is 1. The van der Waals surface area contributed by atoms with Crippen molar-refractivity contribution in [3.05, 3.63) is 95.1 Å². The third kappa shape index (κ3) is 5.91. The van der Waals surface area contributed by atoms with Gasteiger partial charge in [0.25, 0.3) is 0 Å². The van der Waals surface area contributed by atoms with Crippen molar-refractivity contribution in [2.75, 3.05) is 38.1 Å². The van der Waals surface area contributed by atoms with Gasteiger partial charge >= 0.3 is 0 Å². The molecule has 0 bridgehead atoms. The van der Waals surface area contributed by atoms with E-state index in [0.717, 1.165) is 42.7 Å². The van der Waals surface area contributed by atoms with Gasteiger partial charge < -0.3 is 20.6 Å². The molecule has 1 aromatic heterocycles. The number of nitrogens with zero attached hydrogens (tertiary/aromatic N) is 3. The minimum atomic E-state index is -1.09. The minimum Gasteiger partial charge on any atom is -0.385 e. The number of likely N-dealkylation sites (tertiary alicyclic amines) is 1. The fourth-order valence-corrected chi connectivity index (χ4v) is 5.34. The standard InChI is InChI=1S/C29H35FN4O2/c1-21-7-3-4-11-27(21)33(2)19-25-20-34(13-6-8-22-15-26(30)18-32-17-22)14-12-29(25,36)24-10-5-9-23(16-24)28(31)35/h3-5,7,9-11,15-18,25,36H,6,8,12-14,19-20H2,1-2H3,(H2,31,35). The predicted molar refractivity (Wildman–Crippen MR) is 140 cm³/mol. The highest BCUT2D eigenvalue weighted by Crippen LogP contribution is 2.39. The van der Waals surface area contributed by atoms with Crippen molar-refractivity contribution in [1.29, 1.82) is 0 Å². The maximum Gasteiger partial charge on any atom is 0.248 e. The van der Waals surface area contributed by atoms with Crippen LogP contribution in [0.2, 0.25) is 0 Å². The van der Waals surface area contributed by atoms with Crippen LogP contribution in [0.25, 0.3) is 0 Å². The number of halogens is 1. The molecule has 3 aromatic rings. The van der Waals surface area contributed by atoms with Crippen LogP contribution in [-0.4, -0.2) is 54.1 Å². The molecular weight excluding hydrogens is 455 g/mol. The smallest absolute Gasteiger partial charge is 0.248 e. The number of aryl methyl sites for hydroxylation is 2. The number of piperidine rings is 1. The predicted octanol–water partition coefficient (Wildman–Crippen LogP) is 3.91. The maximum atomic E-state index is 13.5. The first-order valence-electron chi connectivity index (χ1n) is 12.5. The molecule has 0 radical (unpaired) electrons. The molecule has 1 aliphatic heterocycles. The number of aliphatic hydroxyl groups is 1. The number of carbonyl (C=O) groups excluding carboxylic acids is 1. The summed E-state index contributed by atoms with van der Waals surface area (Å²) in [5.74, 6) is -0.916. The van der Waals surface area contributed by atoms with Crippen LogP contribution in [0.4, 0.5) is 10.1 Å². The van der Waals surface area contributed by atoms with Gasteiger partial charge in [-0.3, -0.25) is 9.78 Å². The van der Waals surface area contributed by atoms with Gasteiger partial charge in [0.1, 0.15) is 5.82 Å². The Balaban J connectivity index is 1.53. The molecule has 2 atom stereocenters. The summed E-state index contributed by atoms with van der Waals surface area (Å²) in [4.78, 5) is 20.3. The Hall–Kier alpha value is -3.29. The lowest BCUT2D eigenvalue weighted by Crippen LogP contribution is -2.53. The van der Waals surface area contributed by atoms with Crippen molar-refractivity contribution in [1.82, 2.24) is 9.88 Å². The van der Waals surface area contributed by atoms with E-state index in [1.54, 1.807) is 24.4 Å². The quantitative estimate of drug-likeness (QED) is 0.475. The molecule has 0 spiro atoms. The molecule has 0 saturated carbocycles. The number of primary amides is 1. The van der Waals surface area contributed by atoms with Crippen molar-refractivity contribution in [2.24, 2.45) is 11.7 Å². The Morgan fingerprint density at radius 2 is 2.03 bits per heavy atom.